The molecule has 0 spiro atoms. The van der Waals surface area contributed by atoms with Crippen LogP contribution in [0.2, 0.25) is 0 Å². The standard InChI is InChI=1S/C23H24FN3O.CHF3/c1-3-4-5-6-7-14-26(2)17-23(28)18-8-13-22-19(15-18)16-25-27(22)21-11-9-20(24)10-12-21;2-1(3)4/h3-16,23,28H,17H2,1-2H3;1H/b4-3-,6-5-,14-7+;. The fraction of sp³-hybridized carbons (Fsp3) is 0.208. The highest BCUT2D eigenvalue weighted by Gasteiger charge is 2.12. The molecule has 1 atom stereocenters. The number of hydrogen-bond donors (Lipinski definition) is 1. The molecular formula is C24H25F4N3O. The van der Waals surface area contributed by atoms with E-state index in [-0.39, 0.29) is 5.82 Å². The van der Waals surface area contributed by atoms with E-state index in [1.165, 1.54) is 12.1 Å². The lowest BCUT2D eigenvalue weighted by Crippen LogP contribution is -2.19. The molecule has 1 unspecified atom stereocenters. The summed E-state index contributed by atoms with van der Waals surface area (Å²) in [6.07, 6.45) is 12.8. The average Bonchev–Trinajstić information content (AvgIpc) is 3.17. The number of aliphatic hydroxyl groups is 1. The minimum atomic E-state index is -3.67. The van der Waals surface area contributed by atoms with Crippen LogP contribution in [-0.2, 0) is 0 Å². The zero-order valence-corrected chi connectivity index (χ0v) is 17.7. The van der Waals surface area contributed by atoms with E-state index in [0.717, 1.165) is 22.2 Å². The summed E-state index contributed by atoms with van der Waals surface area (Å²) in [5.41, 5.74) is 2.53. The number of rotatable bonds is 7. The summed E-state index contributed by atoms with van der Waals surface area (Å²) < 4.78 is 43.9. The van der Waals surface area contributed by atoms with Gasteiger partial charge in [0, 0.05) is 19.0 Å². The third-order valence-electron chi connectivity index (χ3n) is 4.38. The lowest BCUT2D eigenvalue weighted by atomic mass is 10.1. The number of likely N-dealkylation sites (N-methyl/N-ethyl adjacent to an activating group) is 1. The van der Waals surface area contributed by atoms with Crippen molar-refractivity contribution < 1.29 is 22.7 Å². The number of hydrogen-bond acceptors (Lipinski definition) is 3. The first-order valence-electron chi connectivity index (χ1n) is 9.82. The number of halogens is 4. The summed E-state index contributed by atoms with van der Waals surface area (Å²) in [7, 11) is 1.92. The van der Waals surface area contributed by atoms with Crippen LogP contribution >= 0.6 is 0 Å². The number of alkyl halides is 3. The Morgan fingerprint density at radius 2 is 1.69 bits per heavy atom. The van der Waals surface area contributed by atoms with Crippen LogP contribution in [0.1, 0.15) is 18.6 Å². The van der Waals surface area contributed by atoms with Gasteiger partial charge in [-0.3, -0.25) is 0 Å². The van der Waals surface area contributed by atoms with Gasteiger partial charge in [0.1, 0.15) is 5.82 Å². The molecule has 3 aromatic rings. The Morgan fingerprint density at radius 3 is 2.34 bits per heavy atom. The molecule has 0 radical (unpaired) electrons. The highest BCUT2D eigenvalue weighted by Crippen LogP contribution is 2.23. The Balaban J connectivity index is 0.000000837. The van der Waals surface area contributed by atoms with Crippen LogP contribution in [0.3, 0.4) is 0 Å². The molecule has 170 valence electrons. The number of fused-ring (bicyclic) bond motifs is 1. The van der Waals surface area contributed by atoms with Gasteiger partial charge in [-0.15, -0.1) is 0 Å². The van der Waals surface area contributed by atoms with Crippen molar-refractivity contribution in [1.29, 1.82) is 0 Å². The lowest BCUT2D eigenvalue weighted by Gasteiger charge is -2.19. The molecule has 0 aliphatic carbocycles. The van der Waals surface area contributed by atoms with Gasteiger partial charge in [-0.05, 0) is 61.2 Å². The molecule has 1 heterocycles. The maximum atomic E-state index is 13.1. The summed E-state index contributed by atoms with van der Waals surface area (Å²) in [6, 6.07) is 12.0. The van der Waals surface area contributed by atoms with E-state index < -0.39 is 12.8 Å². The predicted molar refractivity (Wildman–Crippen MR) is 119 cm³/mol. The molecule has 0 amide bonds. The quantitative estimate of drug-likeness (QED) is 0.359. The summed E-state index contributed by atoms with van der Waals surface area (Å²) >= 11 is 0. The molecule has 2 aromatic carbocycles. The first kappa shape index (κ1) is 24.9. The molecule has 0 aliphatic heterocycles. The van der Waals surface area contributed by atoms with Gasteiger partial charge in [-0.1, -0.05) is 30.4 Å². The largest absolute Gasteiger partial charge is 0.387 e. The van der Waals surface area contributed by atoms with Gasteiger partial charge in [0.2, 0.25) is 0 Å². The molecule has 4 nitrogen and oxygen atoms in total. The van der Waals surface area contributed by atoms with E-state index in [1.807, 2.05) is 73.7 Å². The smallest absolute Gasteiger partial charge is 0.379 e. The van der Waals surface area contributed by atoms with E-state index in [4.69, 9.17) is 0 Å². The molecule has 8 heteroatoms. The molecule has 0 aliphatic rings. The first-order valence-corrected chi connectivity index (χ1v) is 9.82. The van der Waals surface area contributed by atoms with E-state index in [2.05, 4.69) is 5.10 Å². The maximum Gasteiger partial charge on any atom is 0.379 e. The van der Waals surface area contributed by atoms with Crippen LogP contribution in [0, 0.1) is 5.82 Å². The fourth-order valence-corrected chi connectivity index (χ4v) is 2.92. The third-order valence-corrected chi connectivity index (χ3v) is 4.38. The van der Waals surface area contributed by atoms with E-state index in [0.29, 0.717) is 6.54 Å². The predicted octanol–water partition coefficient (Wildman–Crippen LogP) is 5.95. The topological polar surface area (TPSA) is 41.3 Å². The Hall–Kier alpha value is -3.39. The summed E-state index contributed by atoms with van der Waals surface area (Å²) in [5.74, 6) is -0.277. The normalized spacial score (nSPS) is 12.8. The molecule has 1 N–H and O–H groups in total. The molecule has 32 heavy (non-hydrogen) atoms. The van der Waals surface area contributed by atoms with Crippen molar-refractivity contribution in [2.75, 3.05) is 13.6 Å². The van der Waals surface area contributed by atoms with Gasteiger partial charge in [-0.2, -0.15) is 18.3 Å². The number of aliphatic hydroxyl groups excluding tert-OH is 1. The summed E-state index contributed by atoms with van der Waals surface area (Å²) in [6.45, 7) is -1.22. The monoisotopic (exact) mass is 447 g/mol. The number of allylic oxidation sites excluding steroid dienone is 5. The van der Waals surface area contributed by atoms with Crippen molar-refractivity contribution in [2.24, 2.45) is 0 Å². The van der Waals surface area contributed by atoms with Crippen LogP contribution in [-0.4, -0.2) is 40.1 Å². The molecule has 3 rings (SSSR count). The van der Waals surface area contributed by atoms with Crippen molar-refractivity contribution in [2.45, 2.75) is 19.7 Å². The highest BCUT2D eigenvalue weighted by atomic mass is 19.4. The molecule has 0 saturated carbocycles. The Morgan fingerprint density at radius 1 is 1.03 bits per heavy atom. The lowest BCUT2D eigenvalue weighted by molar-refractivity contribution is 0.00819. The average molecular weight is 447 g/mol. The van der Waals surface area contributed by atoms with Crippen LogP contribution < -0.4 is 0 Å². The van der Waals surface area contributed by atoms with Crippen molar-refractivity contribution in [3.63, 3.8) is 0 Å². The van der Waals surface area contributed by atoms with Crippen LogP contribution in [0.4, 0.5) is 17.6 Å². The van der Waals surface area contributed by atoms with Crippen LogP contribution in [0.15, 0.2) is 85.2 Å². The summed E-state index contributed by atoms with van der Waals surface area (Å²) in [4.78, 5) is 1.94. The number of benzene rings is 2. The highest BCUT2D eigenvalue weighted by molar-refractivity contribution is 5.81. The van der Waals surface area contributed by atoms with Crippen molar-refractivity contribution in [3.8, 4) is 5.69 Å². The van der Waals surface area contributed by atoms with Crippen LogP contribution in [0.25, 0.3) is 16.6 Å². The minimum Gasteiger partial charge on any atom is -0.387 e. The van der Waals surface area contributed by atoms with Gasteiger partial charge >= 0.3 is 6.68 Å². The van der Waals surface area contributed by atoms with Gasteiger partial charge < -0.3 is 10.0 Å². The van der Waals surface area contributed by atoms with Crippen LogP contribution in [0.5, 0.6) is 0 Å². The van der Waals surface area contributed by atoms with Crippen molar-refractivity contribution in [1.82, 2.24) is 14.7 Å². The molecule has 0 saturated heterocycles. The Bertz CT molecular complexity index is 1060. The second kappa shape index (κ2) is 12.5. The zero-order chi connectivity index (χ0) is 23.5. The van der Waals surface area contributed by atoms with Gasteiger partial charge in [0.15, 0.2) is 0 Å². The Kier molecular flexibility index (Phi) is 9.69. The summed E-state index contributed by atoms with van der Waals surface area (Å²) in [5, 5.41) is 15.9. The van der Waals surface area contributed by atoms with Crippen molar-refractivity contribution in [3.05, 3.63) is 96.6 Å². The van der Waals surface area contributed by atoms with Crippen molar-refractivity contribution >= 4 is 10.9 Å². The zero-order valence-electron chi connectivity index (χ0n) is 17.7. The number of aromatic nitrogens is 2. The number of nitrogens with zero attached hydrogens (tertiary/aromatic N) is 3. The van der Waals surface area contributed by atoms with Gasteiger partial charge in [0.05, 0.1) is 23.5 Å². The van der Waals surface area contributed by atoms with Gasteiger partial charge in [-0.25, -0.2) is 9.07 Å². The second-order valence-corrected chi connectivity index (χ2v) is 6.81. The third kappa shape index (κ3) is 7.70. The molecule has 1 aromatic heterocycles. The Labute approximate surface area is 184 Å². The van der Waals surface area contributed by atoms with E-state index in [1.54, 1.807) is 23.0 Å². The maximum absolute atomic E-state index is 13.1. The first-order chi connectivity index (χ1) is 15.3. The molecule has 0 bridgehead atoms. The fourth-order valence-electron chi connectivity index (χ4n) is 2.92. The second-order valence-electron chi connectivity index (χ2n) is 6.81. The van der Waals surface area contributed by atoms with Gasteiger partial charge in [0.25, 0.3) is 0 Å². The van der Waals surface area contributed by atoms with E-state index in [9.17, 15) is 22.7 Å². The SMILES string of the molecule is C\C=C/C=C\C=C\N(C)CC(O)c1ccc2c(cnn2-c2ccc(F)cc2)c1.FC(F)F. The molecule has 0 fully saturated rings. The molecular weight excluding hydrogens is 422 g/mol. The minimum absolute atomic E-state index is 0.277. The van der Waals surface area contributed by atoms with E-state index >= 15 is 0 Å².